The van der Waals surface area contributed by atoms with Gasteiger partial charge in [0.05, 0.1) is 42.7 Å². The number of nitrogens with one attached hydrogen (secondary N) is 1. The molecule has 0 aromatic carbocycles. The number of alkyl halides is 1. The van der Waals surface area contributed by atoms with Gasteiger partial charge in [-0.05, 0) is 38.8 Å². The van der Waals surface area contributed by atoms with Crippen LogP contribution in [0.1, 0.15) is 44.0 Å². The first kappa shape index (κ1) is 26.5. The van der Waals surface area contributed by atoms with Gasteiger partial charge >= 0.3 is 0 Å². The summed E-state index contributed by atoms with van der Waals surface area (Å²) in [7, 11) is -1.89. The fourth-order valence-electron chi connectivity index (χ4n) is 4.12. The molecule has 0 spiro atoms. The quantitative estimate of drug-likeness (QED) is 0.325. The normalized spacial score (nSPS) is 14.0. The van der Waals surface area contributed by atoms with E-state index in [-0.39, 0.29) is 46.7 Å². The first-order valence-corrected chi connectivity index (χ1v) is 14.1. The van der Waals surface area contributed by atoms with E-state index in [4.69, 9.17) is 4.74 Å². The third-order valence-electron chi connectivity index (χ3n) is 6.11. The number of nitrogens with zero attached hydrogens (tertiary/aromatic N) is 7. The number of hydrogen-bond donors (Lipinski definition) is 1. The highest BCUT2D eigenvalue weighted by Crippen LogP contribution is 2.44. The average molecular weight is 555 g/mol. The Balaban J connectivity index is 1.57. The molecule has 1 fully saturated rings. The van der Waals surface area contributed by atoms with Gasteiger partial charge in [0.25, 0.3) is 5.56 Å². The third kappa shape index (κ3) is 5.70. The molecule has 4 heterocycles. The molecule has 0 atom stereocenters. The molecule has 0 unspecified atom stereocenters. The predicted molar refractivity (Wildman–Crippen MR) is 141 cm³/mol. The lowest BCUT2D eigenvalue weighted by molar-refractivity contribution is 0.186. The van der Waals surface area contributed by atoms with Crippen molar-refractivity contribution < 1.29 is 17.5 Å². The Kier molecular flexibility index (Phi) is 6.74. The van der Waals surface area contributed by atoms with Crippen molar-refractivity contribution in [1.29, 1.82) is 0 Å². The number of hydrogen-bond acceptors (Lipinski definition) is 11. The zero-order valence-corrected chi connectivity index (χ0v) is 22.7. The van der Waals surface area contributed by atoms with Gasteiger partial charge in [-0.1, -0.05) is 0 Å². The maximum absolute atomic E-state index is 14.9. The van der Waals surface area contributed by atoms with E-state index >= 15 is 0 Å². The largest absolute Gasteiger partial charge is 0.480 e. The van der Waals surface area contributed by atoms with Gasteiger partial charge in [-0.3, -0.25) is 14.3 Å². The van der Waals surface area contributed by atoms with Crippen LogP contribution in [-0.4, -0.2) is 61.9 Å². The first-order valence-electron chi connectivity index (χ1n) is 12.2. The van der Waals surface area contributed by atoms with Crippen LogP contribution in [0.3, 0.4) is 0 Å². The van der Waals surface area contributed by atoms with Crippen molar-refractivity contribution in [2.75, 3.05) is 18.7 Å². The third-order valence-corrected chi connectivity index (χ3v) is 7.20. The topological polar surface area (TPSA) is 155 Å². The Bertz CT molecular complexity index is 1720. The van der Waals surface area contributed by atoms with Gasteiger partial charge in [0.1, 0.15) is 23.1 Å². The molecule has 0 amide bonds. The lowest BCUT2D eigenvalue weighted by Gasteiger charge is -2.19. The van der Waals surface area contributed by atoms with E-state index in [1.54, 1.807) is 0 Å². The molecule has 1 N–H and O–H groups in total. The maximum atomic E-state index is 14.9. The van der Waals surface area contributed by atoms with Gasteiger partial charge < -0.3 is 10.1 Å². The monoisotopic (exact) mass is 554 g/mol. The molecule has 204 valence electrons. The van der Waals surface area contributed by atoms with Crippen molar-refractivity contribution in [3.63, 3.8) is 0 Å². The first-order chi connectivity index (χ1) is 18.4. The summed E-state index contributed by atoms with van der Waals surface area (Å²) in [6.45, 7) is 2.54. The fraction of sp³-hybridized carbons (Fsp3) is 0.400. The van der Waals surface area contributed by atoms with Crippen LogP contribution in [0.4, 0.5) is 10.2 Å². The summed E-state index contributed by atoms with van der Waals surface area (Å²) in [6.07, 6.45) is 7.19. The number of fused-ring (bicyclic) bond motifs is 1. The molecule has 14 heteroatoms. The Morgan fingerprint density at radius 3 is 2.51 bits per heavy atom. The zero-order chi connectivity index (χ0) is 27.9. The summed E-state index contributed by atoms with van der Waals surface area (Å²) in [5, 5.41) is 2.93. The van der Waals surface area contributed by atoms with Crippen molar-refractivity contribution in [3.05, 3.63) is 52.6 Å². The van der Waals surface area contributed by atoms with E-state index in [1.165, 1.54) is 56.4 Å². The highest BCUT2D eigenvalue weighted by atomic mass is 32.2. The van der Waals surface area contributed by atoms with Gasteiger partial charge in [-0.15, -0.1) is 0 Å². The average Bonchev–Trinajstić information content (AvgIpc) is 3.73. The standard InChI is InChI=1S/C25H27FN8O4S/c1-25(2,26)12-34-22-17(11-29-20(33-22)18-19(14-5-6-14)30-13-31-23(18)38-3)32-21(24(34)35)28-9-15-7-8-16(10-27-15)39(4,36)37/h7-8,10-11,13-14H,5-6,9,12H2,1-4H3,(H,28,32). The van der Waals surface area contributed by atoms with Crippen LogP contribution in [0.2, 0.25) is 0 Å². The summed E-state index contributed by atoms with van der Waals surface area (Å²) >= 11 is 0. The molecular formula is C25H27FN8O4S. The number of aromatic nitrogens is 7. The molecule has 5 rings (SSSR count). The van der Waals surface area contributed by atoms with E-state index < -0.39 is 21.1 Å². The summed E-state index contributed by atoms with van der Waals surface area (Å²) in [4.78, 5) is 39.8. The molecule has 39 heavy (non-hydrogen) atoms. The van der Waals surface area contributed by atoms with E-state index in [0.717, 1.165) is 24.8 Å². The highest BCUT2D eigenvalue weighted by Gasteiger charge is 2.32. The Labute approximate surface area is 223 Å². The molecular weight excluding hydrogens is 527 g/mol. The number of anilines is 1. The van der Waals surface area contributed by atoms with Crippen LogP contribution >= 0.6 is 0 Å². The predicted octanol–water partition coefficient (Wildman–Crippen LogP) is 2.69. The Hall–Kier alpha value is -4.07. The molecule has 1 saturated carbocycles. The molecule has 12 nitrogen and oxygen atoms in total. The van der Waals surface area contributed by atoms with Gasteiger partial charge in [-0.2, -0.15) is 0 Å². The molecule has 0 aliphatic heterocycles. The summed E-state index contributed by atoms with van der Waals surface area (Å²) in [5.74, 6) is 0.764. The lowest BCUT2D eigenvalue weighted by Crippen LogP contribution is -2.33. The van der Waals surface area contributed by atoms with E-state index in [0.29, 0.717) is 17.1 Å². The summed E-state index contributed by atoms with van der Waals surface area (Å²) in [5.41, 5.74) is -0.106. The number of rotatable bonds is 9. The lowest BCUT2D eigenvalue weighted by atomic mass is 10.1. The number of ether oxygens (including phenoxy) is 1. The minimum Gasteiger partial charge on any atom is -0.480 e. The highest BCUT2D eigenvalue weighted by molar-refractivity contribution is 7.90. The van der Waals surface area contributed by atoms with Crippen molar-refractivity contribution in [1.82, 2.24) is 34.5 Å². The van der Waals surface area contributed by atoms with Gasteiger partial charge in [0, 0.05) is 18.4 Å². The molecule has 0 bridgehead atoms. The van der Waals surface area contributed by atoms with Gasteiger partial charge in [-0.25, -0.2) is 37.7 Å². The van der Waals surface area contributed by atoms with E-state index in [1.807, 2.05) is 0 Å². The number of halogens is 1. The second-order valence-corrected chi connectivity index (χ2v) is 12.0. The fourth-order valence-corrected chi connectivity index (χ4v) is 4.68. The molecule has 1 aliphatic rings. The molecule has 4 aromatic rings. The van der Waals surface area contributed by atoms with E-state index in [2.05, 4.69) is 35.2 Å². The number of pyridine rings is 1. The second-order valence-electron chi connectivity index (χ2n) is 10.0. The summed E-state index contributed by atoms with van der Waals surface area (Å²) < 4.78 is 44.9. The summed E-state index contributed by atoms with van der Waals surface area (Å²) in [6, 6.07) is 2.97. The van der Waals surface area contributed by atoms with Crippen LogP contribution in [-0.2, 0) is 22.9 Å². The van der Waals surface area contributed by atoms with Gasteiger partial charge in [0.15, 0.2) is 27.1 Å². The molecule has 0 saturated heterocycles. The van der Waals surface area contributed by atoms with Crippen LogP contribution in [0, 0.1) is 0 Å². The van der Waals surface area contributed by atoms with Crippen LogP contribution in [0.15, 0.2) is 40.5 Å². The Morgan fingerprint density at radius 1 is 1.13 bits per heavy atom. The maximum Gasteiger partial charge on any atom is 0.295 e. The Morgan fingerprint density at radius 2 is 1.90 bits per heavy atom. The molecule has 1 aliphatic carbocycles. The molecule has 0 radical (unpaired) electrons. The van der Waals surface area contributed by atoms with Crippen LogP contribution < -0.4 is 15.6 Å². The molecule has 4 aromatic heterocycles. The van der Waals surface area contributed by atoms with Crippen molar-refractivity contribution >= 4 is 26.8 Å². The SMILES string of the molecule is COc1ncnc(C2CC2)c1-c1ncc2nc(NCc3ccc(S(C)(=O)=O)cn3)c(=O)n(CC(C)(C)F)c2n1. The minimum absolute atomic E-state index is 0.0450. The smallest absolute Gasteiger partial charge is 0.295 e. The van der Waals surface area contributed by atoms with E-state index in [9.17, 15) is 17.6 Å². The number of sulfone groups is 1. The van der Waals surface area contributed by atoms with Crippen LogP contribution in [0.25, 0.3) is 22.6 Å². The van der Waals surface area contributed by atoms with Crippen molar-refractivity contribution in [2.45, 2.75) is 56.3 Å². The van der Waals surface area contributed by atoms with Crippen molar-refractivity contribution in [2.24, 2.45) is 0 Å². The van der Waals surface area contributed by atoms with Gasteiger partial charge in [0.2, 0.25) is 5.88 Å². The number of methoxy groups -OCH3 is 1. The second kappa shape index (κ2) is 9.91. The minimum atomic E-state index is -3.39. The van der Waals surface area contributed by atoms with Crippen molar-refractivity contribution in [3.8, 4) is 17.3 Å². The zero-order valence-electron chi connectivity index (χ0n) is 21.8. The van der Waals surface area contributed by atoms with Crippen LogP contribution in [0.5, 0.6) is 5.88 Å².